The van der Waals surface area contributed by atoms with Crippen LogP contribution < -0.4 is 10.1 Å². The Balaban J connectivity index is 0.00000147. The van der Waals surface area contributed by atoms with Gasteiger partial charge in [-0.3, -0.25) is 0 Å². The van der Waals surface area contributed by atoms with Crippen molar-refractivity contribution in [3.05, 3.63) is 29.3 Å². The Morgan fingerprint density at radius 3 is 2.89 bits per heavy atom. The smallest absolute Gasteiger partial charge is 0.416 e. The third-order valence-electron chi connectivity index (χ3n) is 3.11. The van der Waals surface area contributed by atoms with E-state index in [2.05, 4.69) is 5.32 Å². The summed E-state index contributed by atoms with van der Waals surface area (Å²) < 4.78 is 58.8. The Morgan fingerprint density at radius 1 is 1.39 bits per heavy atom. The molecule has 0 aromatic heterocycles. The van der Waals surface area contributed by atoms with E-state index in [1.807, 2.05) is 0 Å². The van der Waals surface area contributed by atoms with Crippen molar-refractivity contribution in [2.24, 2.45) is 0 Å². The minimum Gasteiger partial charge on any atom is -0.490 e. The highest BCUT2D eigenvalue weighted by atomic mass is 35.5. The Kier molecular flexibility index (Phi) is 2.81. The second-order valence-electron chi connectivity index (χ2n) is 4.30. The van der Waals surface area contributed by atoms with Gasteiger partial charge in [0.2, 0.25) is 0 Å². The van der Waals surface area contributed by atoms with E-state index in [4.69, 9.17) is 7.48 Å². The topological polar surface area (TPSA) is 21.3 Å². The van der Waals surface area contributed by atoms with Crippen molar-refractivity contribution in [3.63, 3.8) is 0 Å². The molecule has 3 rings (SSSR count). The van der Waals surface area contributed by atoms with Gasteiger partial charge >= 0.3 is 6.18 Å². The van der Waals surface area contributed by atoms with E-state index in [1.54, 1.807) is 0 Å². The minimum absolute atomic E-state index is 0. The molecular formula is C12H13ClF3NO. The van der Waals surface area contributed by atoms with Crippen LogP contribution in [-0.2, 0) is 6.18 Å². The van der Waals surface area contributed by atoms with Crippen LogP contribution in [0.25, 0.3) is 0 Å². The van der Waals surface area contributed by atoms with Crippen molar-refractivity contribution in [1.82, 2.24) is 5.32 Å². The van der Waals surface area contributed by atoms with Gasteiger partial charge in [-0.1, -0.05) is 6.07 Å². The summed E-state index contributed by atoms with van der Waals surface area (Å²) in [6.45, 7) is -1.55. The van der Waals surface area contributed by atoms with Gasteiger partial charge in [0.25, 0.3) is 0 Å². The summed E-state index contributed by atoms with van der Waals surface area (Å²) >= 11 is 0. The van der Waals surface area contributed by atoms with Gasteiger partial charge in [0, 0.05) is 20.8 Å². The molecule has 1 aromatic carbocycles. The molecule has 2 nitrogen and oxygen atoms in total. The summed E-state index contributed by atoms with van der Waals surface area (Å²) in [5, 5.41) is 2.81. The minimum atomic E-state index is -4.40. The molecule has 1 saturated heterocycles. The largest absolute Gasteiger partial charge is 0.490 e. The molecule has 1 N–H and O–H groups in total. The second kappa shape index (κ2) is 4.63. The molecule has 2 heterocycles. The lowest BCUT2D eigenvalue weighted by Gasteiger charge is -2.37. The molecule has 6 heteroatoms. The molecule has 0 amide bonds. The average molecular weight is 282 g/mol. The molecule has 18 heavy (non-hydrogen) atoms. The molecule has 2 atom stereocenters. The standard InChI is InChI=1S/C12H12F3NO.ClH/c13-12(14,15)7-1-2-9-10-6-8(3-4-16-10)17-11(9)5-7;/h1-2,5,8,10,16H,3-4,6H2;1H/t8-,10+;/m0./s1/i4D2;. The van der Waals surface area contributed by atoms with E-state index in [-0.39, 0.29) is 36.7 Å². The summed E-state index contributed by atoms with van der Waals surface area (Å²) in [6, 6.07) is 3.08. The summed E-state index contributed by atoms with van der Waals surface area (Å²) in [6.07, 6.45) is -4.05. The first-order valence-electron chi connectivity index (χ1n) is 6.40. The maximum atomic E-state index is 12.6. The summed E-state index contributed by atoms with van der Waals surface area (Å²) in [5.74, 6) is 0.207. The van der Waals surface area contributed by atoms with Crippen LogP contribution in [0.4, 0.5) is 13.2 Å². The lowest BCUT2D eigenvalue weighted by atomic mass is 9.91. The fourth-order valence-electron chi connectivity index (χ4n) is 2.28. The van der Waals surface area contributed by atoms with E-state index in [1.165, 1.54) is 6.07 Å². The SMILES string of the molecule is Cl.[2H]C1([2H])C[C@H]2C[C@@H](N1)c1ccc(C(F)(F)F)cc1O2. The molecule has 0 unspecified atom stereocenters. The third-order valence-corrected chi connectivity index (χ3v) is 3.11. The number of ether oxygens (including phenoxy) is 1. The van der Waals surface area contributed by atoms with Crippen molar-refractivity contribution in [2.45, 2.75) is 31.2 Å². The highest BCUT2D eigenvalue weighted by Crippen LogP contribution is 2.41. The molecule has 1 aromatic rings. The van der Waals surface area contributed by atoms with E-state index in [0.29, 0.717) is 12.0 Å². The van der Waals surface area contributed by atoms with Crippen LogP contribution in [0.3, 0.4) is 0 Å². The highest BCUT2D eigenvalue weighted by molar-refractivity contribution is 5.85. The van der Waals surface area contributed by atoms with E-state index in [9.17, 15) is 13.2 Å². The van der Waals surface area contributed by atoms with E-state index < -0.39 is 18.2 Å². The first kappa shape index (κ1) is 10.9. The average Bonchev–Trinajstić information content (AvgIpc) is 2.24. The lowest BCUT2D eigenvalue weighted by molar-refractivity contribution is -0.137. The number of halogens is 4. The van der Waals surface area contributed by atoms with Gasteiger partial charge in [-0.25, -0.2) is 0 Å². The predicted octanol–water partition coefficient (Wildman–Crippen LogP) is 3.31. The Hall–Kier alpha value is -0.940. The van der Waals surface area contributed by atoms with Gasteiger partial charge in [-0.2, -0.15) is 13.2 Å². The summed E-state index contributed by atoms with van der Waals surface area (Å²) in [5.41, 5.74) is -0.151. The van der Waals surface area contributed by atoms with Crippen molar-refractivity contribution in [3.8, 4) is 5.75 Å². The molecule has 0 aliphatic carbocycles. The molecular weight excluding hydrogens is 267 g/mol. The van der Waals surface area contributed by atoms with Gasteiger partial charge in [-0.15, -0.1) is 12.4 Å². The number of nitrogens with one attached hydrogen (secondary N) is 1. The number of hydrogen-bond donors (Lipinski definition) is 1. The molecule has 2 aliphatic heterocycles. The number of fused-ring (bicyclic) bond motifs is 4. The fraction of sp³-hybridized carbons (Fsp3) is 0.500. The zero-order chi connectivity index (χ0) is 13.8. The Labute approximate surface area is 112 Å². The van der Waals surface area contributed by atoms with Crippen LogP contribution in [0.15, 0.2) is 18.2 Å². The third kappa shape index (κ3) is 2.29. The highest BCUT2D eigenvalue weighted by Gasteiger charge is 2.35. The normalized spacial score (nSPS) is 30.2. The maximum absolute atomic E-state index is 12.6. The second-order valence-corrected chi connectivity index (χ2v) is 4.30. The molecule has 0 radical (unpaired) electrons. The van der Waals surface area contributed by atoms with Crippen LogP contribution in [0.5, 0.6) is 5.75 Å². The summed E-state index contributed by atoms with van der Waals surface area (Å²) in [4.78, 5) is 0. The van der Waals surface area contributed by atoms with Gasteiger partial charge in [0.1, 0.15) is 11.9 Å². The van der Waals surface area contributed by atoms with Gasteiger partial charge in [-0.05, 0) is 25.1 Å². The van der Waals surface area contributed by atoms with Crippen molar-refractivity contribution in [2.75, 3.05) is 6.50 Å². The Morgan fingerprint density at radius 2 is 2.17 bits per heavy atom. The Bertz CT molecular complexity index is 524. The van der Waals surface area contributed by atoms with Gasteiger partial charge in [0.05, 0.1) is 5.56 Å². The lowest BCUT2D eigenvalue weighted by Crippen LogP contribution is -2.40. The first-order valence-corrected chi connectivity index (χ1v) is 5.40. The number of piperidine rings is 1. The van der Waals surface area contributed by atoms with Gasteiger partial charge < -0.3 is 10.1 Å². The van der Waals surface area contributed by atoms with Crippen LogP contribution in [0, 0.1) is 0 Å². The van der Waals surface area contributed by atoms with E-state index in [0.717, 1.165) is 12.1 Å². The quantitative estimate of drug-likeness (QED) is 0.788. The van der Waals surface area contributed by atoms with Crippen LogP contribution >= 0.6 is 12.4 Å². The van der Waals surface area contributed by atoms with Crippen LogP contribution in [0.2, 0.25) is 0 Å². The van der Waals surface area contributed by atoms with Crippen molar-refractivity contribution in [1.29, 1.82) is 0 Å². The molecule has 2 aliphatic rings. The van der Waals surface area contributed by atoms with E-state index >= 15 is 0 Å². The number of hydrogen-bond acceptors (Lipinski definition) is 2. The zero-order valence-electron chi connectivity index (χ0n) is 11.3. The molecule has 2 bridgehead atoms. The monoisotopic (exact) mass is 281 g/mol. The molecule has 0 spiro atoms. The summed E-state index contributed by atoms with van der Waals surface area (Å²) in [7, 11) is 0. The molecule has 0 saturated carbocycles. The number of benzene rings is 1. The zero-order valence-corrected chi connectivity index (χ0v) is 10.1. The van der Waals surface area contributed by atoms with Crippen molar-refractivity contribution < 1.29 is 20.6 Å². The van der Waals surface area contributed by atoms with Crippen LogP contribution in [-0.4, -0.2) is 12.6 Å². The fourth-order valence-corrected chi connectivity index (χ4v) is 2.28. The number of alkyl halides is 3. The van der Waals surface area contributed by atoms with Gasteiger partial charge in [0.15, 0.2) is 0 Å². The van der Waals surface area contributed by atoms with Crippen LogP contribution in [0.1, 0.15) is 32.8 Å². The first-order chi connectivity index (χ1) is 8.74. The number of rotatable bonds is 0. The predicted molar refractivity (Wildman–Crippen MR) is 63.1 cm³/mol. The van der Waals surface area contributed by atoms with Crippen molar-refractivity contribution >= 4 is 12.4 Å². The molecule has 100 valence electrons. The molecule has 1 fully saturated rings. The maximum Gasteiger partial charge on any atom is 0.416 e.